The van der Waals surface area contributed by atoms with E-state index < -0.39 is 23.2 Å². The second kappa shape index (κ2) is 7.02. The highest BCUT2D eigenvalue weighted by Gasteiger charge is 2.25. The summed E-state index contributed by atoms with van der Waals surface area (Å²) in [6, 6.07) is 5.73. The van der Waals surface area contributed by atoms with E-state index in [-0.39, 0.29) is 17.5 Å². The summed E-state index contributed by atoms with van der Waals surface area (Å²) in [4.78, 5) is 27.0. The first kappa shape index (κ1) is 17.1. The van der Waals surface area contributed by atoms with Crippen LogP contribution in [0.4, 0.5) is 0 Å². The molecule has 1 aliphatic heterocycles. The molecule has 2 aromatic rings. The summed E-state index contributed by atoms with van der Waals surface area (Å²) in [5.41, 5.74) is 0.0601. The van der Waals surface area contributed by atoms with Crippen LogP contribution in [0.1, 0.15) is 32.9 Å². The van der Waals surface area contributed by atoms with Crippen LogP contribution < -0.4 is 5.32 Å². The van der Waals surface area contributed by atoms with Crippen LogP contribution in [-0.2, 0) is 0 Å². The molecule has 1 aliphatic rings. The van der Waals surface area contributed by atoms with Gasteiger partial charge in [0.05, 0.1) is 4.88 Å². The lowest BCUT2D eigenvalue weighted by Crippen LogP contribution is -2.46. The number of nitrogens with zero attached hydrogens (tertiary/aromatic N) is 1. The van der Waals surface area contributed by atoms with Crippen LogP contribution in [-0.4, -0.2) is 51.2 Å². The van der Waals surface area contributed by atoms with Crippen molar-refractivity contribution in [2.45, 2.75) is 18.9 Å². The number of phenolic OH excluding ortho intramolecular Hbond substituents is 3. The number of rotatable bonds is 3. The number of benzene rings is 1. The first-order valence-electron chi connectivity index (χ1n) is 7.84. The van der Waals surface area contributed by atoms with Gasteiger partial charge in [-0.05, 0) is 36.4 Å². The summed E-state index contributed by atoms with van der Waals surface area (Å²) >= 11 is 1.41. The molecule has 0 saturated carbocycles. The summed E-state index contributed by atoms with van der Waals surface area (Å²) < 4.78 is 0. The highest BCUT2D eigenvalue weighted by atomic mass is 32.1. The van der Waals surface area contributed by atoms with Crippen molar-refractivity contribution in [3.63, 3.8) is 0 Å². The number of aromatic hydroxyl groups is 3. The normalized spacial score (nSPS) is 15.1. The van der Waals surface area contributed by atoms with E-state index in [4.69, 9.17) is 0 Å². The molecule has 0 atom stereocenters. The Morgan fingerprint density at radius 1 is 1.12 bits per heavy atom. The molecule has 8 heteroatoms. The molecular weight excluding hydrogens is 344 g/mol. The quantitative estimate of drug-likeness (QED) is 0.624. The number of piperidine rings is 1. The fourth-order valence-corrected chi connectivity index (χ4v) is 3.48. The third-order valence-electron chi connectivity index (χ3n) is 4.18. The predicted molar refractivity (Wildman–Crippen MR) is 92.1 cm³/mol. The highest BCUT2D eigenvalue weighted by Crippen LogP contribution is 2.35. The molecule has 2 heterocycles. The SMILES string of the molecule is O=C(NC1CCN(C(=O)c2cccs2)CC1)c1cc(O)c(O)c(O)c1. The lowest BCUT2D eigenvalue weighted by Gasteiger charge is -2.32. The summed E-state index contributed by atoms with van der Waals surface area (Å²) in [6.07, 6.45) is 1.25. The van der Waals surface area contributed by atoms with Crippen LogP contribution >= 0.6 is 11.3 Å². The smallest absolute Gasteiger partial charge is 0.263 e. The Labute approximate surface area is 148 Å². The zero-order chi connectivity index (χ0) is 18.0. The Morgan fingerprint density at radius 2 is 1.76 bits per heavy atom. The third-order valence-corrected chi connectivity index (χ3v) is 5.04. The van der Waals surface area contributed by atoms with Gasteiger partial charge in [-0.1, -0.05) is 6.07 Å². The number of nitrogens with one attached hydrogen (secondary N) is 1. The molecule has 1 saturated heterocycles. The van der Waals surface area contributed by atoms with Gasteiger partial charge in [0.2, 0.25) is 0 Å². The molecule has 7 nitrogen and oxygen atoms in total. The maximum atomic E-state index is 12.3. The van der Waals surface area contributed by atoms with E-state index in [1.165, 1.54) is 11.3 Å². The van der Waals surface area contributed by atoms with Gasteiger partial charge in [-0.25, -0.2) is 0 Å². The van der Waals surface area contributed by atoms with Gasteiger partial charge in [0.1, 0.15) is 0 Å². The maximum Gasteiger partial charge on any atom is 0.263 e. The van der Waals surface area contributed by atoms with Crippen molar-refractivity contribution in [3.05, 3.63) is 40.1 Å². The minimum Gasteiger partial charge on any atom is -0.504 e. The maximum absolute atomic E-state index is 12.3. The van der Waals surface area contributed by atoms with Gasteiger partial charge < -0.3 is 25.5 Å². The first-order chi connectivity index (χ1) is 12.0. The number of thiophene rings is 1. The second-order valence-electron chi connectivity index (χ2n) is 5.88. The number of hydrogen-bond acceptors (Lipinski definition) is 6. The third kappa shape index (κ3) is 3.69. The number of carbonyl (C=O) groups is 2. The van der Waals surface area contributed by atoms with Gasteiger partial charge in [-0.2, -0.15) is 0 Å². The largest absolute Gasteiger partial charge is 0.504 e. The van der Waals surface area contributed by atoms with E-state index in [0.29, 0.717) is 30.8 Å². The Kier molecular flexibility index (Phi) is 4.80. The van der Waals surface area contributed by atoms with E-state index in [0.717, 1.165) is 12.1 Å². The summed E-state index contributed by atoms with van der Waals surface area (Å²) in [6.45, 7) is 1.10. The number of likely N-dealkylation sites (tertiary alicyclic amines) is 1. The van der Waals surface area contributed by atoms with Crippen LogP contribution in [0.15, 0.2) is 29.6 Å². The number of phenols is 3. The van der Waals surface area contributed by atoms with E-state index in [2.05, 4.69) is 5.32 Å². The van der Waals surface area contributed by atoms with Crippen molar-refractivity contribution in [2.24, 2.45) is 0 Å². The molecule has 0 radical (unpaired) electrons. The van der Waals surface area contributed by atoms with Crippen LogP contribution in [0, 0.1) is 0 Å². The van der Waals surface area contributed by atoms with Gasteiger partial charge in [0, 0.05) is 24.7 Å². The van der Waals surface area contributed by atoms with Crippen molar-refractivity contribution in [3.8, 4) is 17.2 Å². The van der Waals surface area contributed by atoms with Gasteiger partial charge in [-0.15, -0.1) is 11.3 Å². The first-order valence-corrected chi connectivity index (χ1v) is 8.72. The molecule has 2 amide bonds. The topological polar surface area (TPSA) is 110 Å². The van der Waals surface area contributed by atoms with Crippen molar-refractivity contribution in [2.75, 3.05) is 13.1 Å². The Bertz CT molecular complexity index is 759. The van der Waals surface area contributed by atoms with Gasteiger partial charge in [0.15, 0.2) is 17.2 Å². The van der Waals surface area contributed by atoms with E-state index in [9.17, 15) is 24.9 Å². The van der Waals surface area contributed by atoms with E-state index >= 15 is 0 Å². The molecular formula is C17H18N2O5S. The average molecular weight is 362 g/mol. The van der Waals surface area contributed by atoms with E-state index in [1.807, 2.05) is 11.4 Å². The molecule has 0 unspecified atom stereocenters. The lowest BCUT2D eigenvalue weighted by atomic mass is 10.0. The number of amides is 2. The summed E-state index contributed by atoms with van der Waals surface area (Å²) in [7, 11) is 0. The zero-order valence-corrected chi connectivity index (χ0v) is 14.1. The van der Waals surface area contributed by atoms with Crippen LogP contribution in [0.25, 0.3) is 0 Å². The van der Waals surface area contributed by atoms with Crippen molar-refractivity contribution >= 4 is 23.2 Å². The Hall–Kier alpha value is -2.74. The molecule has 0 bridgehead atoms. The molecule has 0 spiro atoms. The van der Waals surface area contributed by atoms with Crippen molar-refractivity contribution < 1.29 is 24.9 Å². The summed E-state index contributed by atoms with van der Waals surface area (Å²) in [5, 5.41) is 33.0. The summed E-state index contributed by atoms with van der Waals surface area (Å²) in [5.74, 6) is -2.21. The number of carbonyl (C=O) groups excluding carboxylic acids is 2. The van der Waals surface area contributed by atoms with Gasteiger partial charge in [0.25, 0.3) is 11.8 Å². The van der Waals surface area contributed by atoms with Crippen molar-refractivity contribution in [1.82, 2.24) is 10.2 Å². The van der Waals surface area contributed by atoms with Gasteiger partial charge >= 0.3 is 0 Å². The average Bonchev–Trinajstić information content (AvgIpc) is 3.14. The lowest BCUT2D eigenvalue weighted by molar-refractivity contribution is 0.0702. The van der Waals surface area contributed by atoms with Crippen LogP contribution in [0.3, 0.4) is 0 Å². The molecule has 25 heavy (non-hydrogen) atoms. The zero-order valence-electron chi connectivity index (χ0n) is 13.3. The predicted octanol–water partition coefficient (Wildman–Crippen LogP) is 1.90. The Balaban J connectivity index is 1.57. The van der Waals surface area contributed by atoms with Crippen LogP contribution in [0.2, 0.25) is 0 Å². The minimum absolute atomic E-state index is 0.00755. The fraction of sp³-hybridized carbons (Fsp3) is 0.294. The molecule has 1 aromatic carbocycles. The highest BCUT2D eigenvalue weighted by molar-refractivity contribution is 7.12. The van der Waals surface area contributed by atoms with Crippen LogP contribution in [0.5, 0.6) is 17.2 Å². The minimum atomic E-state index is -0.656. The monoisotopic (exact) mass is 362 g/mol. The molecule has 0 aliphatic carbocycles. The molecule has 1 fully saturated rings. The standard InChI is InChI=1S/C17H18N2O5S/c20-12-8-10(9-13(21)15(12)22)16(23)18-11-3-5-19(6-4-11)17(24)14-2-1-7-25-14/h1-2,7-9,11,20-22H,3-6H2,(H,18,23). The molecule has 3 rings (SSSR count). The Morgan fingerprint density at radius 3 is 2.32 bits per heavy atom. The van der Waals surface area contributed by atoms with Gasteiger partial charge in [-0.3, -0.25) is 9.59 Å². The molecule has 1 aromatic heterocycles. The fourth-order valence-electron chi connectivity index (χ4n) is 2.79. The second-order valence-corrected chi connectivity index (χ2v) is 6.83. The number of hydrogen-bond donors (Lipinski definition) is 4. The molecule has 4 N–H and O–H groups in total. The van der Waals surface area contributed by atoms with Crippen molar-refractivity contribution in [1.29, 1.82) is 0 Å². The molecule has 132 valence electrons. The van der Waals surface area contributed by atoms with E-state index in [1.54, 1.807) is 11.0 Å².